The van der Waals surface area contributed by atoms with Crippen molar-refractivity contribution in [2.45, 2.75) is 39.7 Å². The van der Waals surface area contributed by atoms with Crippen LogP contribution in [0.2, 0.25) is 0 Å². The molecule has 0 aliphatic heterocycles. The van der Waals surface area contributed by atoms with Crippen molar-refractivity contribution >= 4 is 0 Å². The lowest BCUT2D eigenvalue weighted by atomic mass is 9.92. The average molecular weight is 195 g/mol. The molecular formula is C12H18FN. The van der Waals surface area contributed by atoms with Crippen LogP contribution < -0.4 is 5.73 Å². The molecule has 0 spiro atoms. The van der Waals surface area contributed by atoms with Crippen LogP contribution >= 0.6 is 0 Å². The number of aryl methyl sites for hydroxylation is 1. The molecule has 0 aliphatic carbocycles. The normalized spacial score (nSPS) is 11.9. The van der Waals surface area contributed by atoms with Gasteiger partial charge < -0.3 is 5.73 Å². The zero-order valence-corrected chi connectivity index (χ0v) is 9.32. The number of hydrogen-bond acceptors (Lipinski definition) is 1. The molecule has 2 heteroatoms. The van der Waals surface area contributed by atoms with Crippen LogP contribution in [0.5, 0.6) is 0 Å². The Bertz CT molecular complexity index is 337. The molecule has 1 aromatic rings. The van der Waals surface area contributed by atoms with Gasteiger partial charge in [0, 0.05) is 5.54 Å². The van der Waals surface area contributed by atoms with E-state index in [1.807, 2.05) is 26.8 Å². The zero-order chi connectivity index (χ0) is 10.9. The standard InChI is InChI=1S/C12H18FN/c1-8-5-10(7-12(3,4)14)9(2)11(13)6-8/h5-6H,7,14H2,1-4H3. The second-order valence-electron chi connectivity index (χ2n) is 4.70. The van der Waals surface area contributed by atoms with Crippen molar-refractivity contribution in [3.8, 4) is 0 Å². The maximum atomic E-state index is 13.4. The van der Waals surface area contributed by atoms with E-state index in [9.17, 15) is 4.39 Å². The molecule has 0 saturated carbocycles. The fraction of sp³-hybridized carbons (Fsp3) is 0.500. The van der Waals surface area contributed by atoms with Gasteiger partial charge in [0.25, 0.3) is 0 Å². The molecule has 1 aromatic carbocycles. The summed E-state index contributed by atoms with van der Waals surface area (Å²) >= 11 is 0. The third-order valence-electron chi connectivity index (χ3n) is 2.24. The molecule has 0 radical (unpaired) electrons. The van der Waals surface area contributed by atoms with Crippen molar-refractivity contribution < 1.29 is 4.39 Å². The van der Waals surface area contributed by atoms with E-state index in [1.165, 1.54) is 0 Å². The second-order valence-corrected chi connectivity index (χ2v) is 4.70. The molecule has 0 aromatic heterocycles. The summed E-state index contributed by atoms with van der Waals surface area (Å²) in [5, 5.41) is 0. The summed E-state index contributed by atoms with van der Waals surface area (Å²) in [5.74, 6) is -0.135. The van der Waals surface area contributed by atoms with Gasteiger partial charge in [0.15, 0.2) is 0 Å². The summed E-state index contributed by atoms with van der Waals surface area (Å²) < 4.78 is 13.4. The van der Waals surface area contributed by atoms with Gasteiger partial charge in [-0.15, -0.1) is 0 Å². The van der Waals surface area contributed by atoms with Gasteiger partial charge in [-0.25, -0.2) is 4.39 Å². The lowest BCUT2D eigenvalue weighted by Gasteiger charge is -2.20. The van der Waals surface area contributed by atoms with Crippen LogP contribution in [0.1, 0.15) is 30.5 Å². The smallest absolute Gasteiger partial charge is 0.126 e. The quantitative estimate of drug-likeness (QED) is 0.771. The first-order chi connectivity index (χ1) is 6.29. The van der Waals surface area contributed by atoms with Gasteiger partial charge in [0.05, 0.1) is 0 Å². The summed E-state index contributed by atoms with van der Waals surface area (Å²) in [7, 11) is 0. The average Bonchev–Trinajstić information content (AvgIpc) is 1.96. The van der Waals surface area contributed by atoms with Gasteiger partial charge in [-0.05, 0) is 56.9 Å². The van der Waals surface area contributed by atoms with Gasteiger partial charge in [-0.1, -0.05) is 6.07 Å². The highest BCUT2D eigenvalue weighted by Crippen LogP contribution is 2.19. The van der Waals surface area contributed by atoms with Crippen LogP contribution in [-0.2, 0) is 6.42 Å². The van der Waals surface area contributed by atoms with Crippen molar-refractivity contribution in [2.75, 3.05) is 0 Å². The molecule has 0 amide bonds. The molecule has 0 fully saturated rings. The molecule has 2 N–H and O–H groups in total. The van der Waals surface area contributed by atoms with Crippen LogP contribution in [0.15, 0.2) is 12.1 Å². The molecule has 0 saturated heterocycles. The Balaban J connectivity index is 3.09. The van der Waals surface area contributed by atoms with Crippen LogP contribution in [0.25, 0.3) is 0 Å². The second kappa shape index (κ2) is 3.70. The van der Waals surface area contributed by atoms with Gasteiger partial charge in [-0.2, -0.15) is 0 Å². The van der Waals surface area contributed by atoms with E-state index in [-0.39, 0.29) is 11.4 Å². The number of rotatable bonds is 2. The number of halogens is 1. The summed E-state index contributed by atoms with van der Waals surface area (Å²) in [6.45, 7) is 7.60. The van der Waals surface area contributed by atoms with E-state index >= 15 is 0 Å². The Hall–Kier alpha value is -0.890. The van der Waals surface area contributed by atoms with Crippen LogP contribution in [0.4, 0.5) is 4.39 Å². The Morgan fingerprint density at radius 3 is 2.36 bits per heavy atom. The maximum absolute atomic E-state index is 13.4. The van der Waals surface area contributed by atoms with Crippen LogP contribution in [-0.4, -0.2) is 5.54 Å². The van der Waals surface area contributed by atoms with Crippen molar-refractivity contribution in [2.24, 2.45) is 5.73 Å². The summed E-state index contributed by atoms with van der Waals surface area (Å²) in [4.78, 5) is 0. The lowest BCUT2D eigenvalue weighted by molar-refractivity contribution is 0.511. The third kappa shape index (κ3) is 2.81. The first-order valence-electron chi connectivity index (χ1n) is 4.84. The predicted octanol–water partition coefficient (Wildman–Crippen LogP) is 2.72. The maximum Gasteiger partial charge on any atom is 0.126 e. The molecule has 0 atom stereocenters. The first-order valence-corrected chi connectivity index (χ1v) is 4.84. The molecule has 1 rings (SSSR count). The molecule has 0 unspecified atom stereocenters. The van der Waals surface area contributed by atoms with Gasteiger partial charge in [0.2, 0.25) is 0 Å². The summed E-state index contributed by atoms with van der Waals surface area (Å²) in [6.07, 6.45) is 0.706. The van der Waals surface area contributed by atoms with E-state index in [0.29, 0.717) is 12.0 Å². The summed E-state index contributed by atoms with van der Waals surface area (Å²) in [5.41, 5.74) is 8.30. The number of benzene rings is 1. The highest BCUT2D eigenvalue weighted by atomic mass is 19.1. The van der Waals surface area contributed by atoms with Crippen molar-refractivity contribution in [1.29, 1.82) is 0 Å². The minimum atomic E-state index is -0.287. The molecule has 0 aliphatic rings. The number of hydrogen-bond donors (Lipinski definition) is 1. The molecule has 1 nitrogen and oxygen atoms in total. The fourth-order valence-corrected chi connectivity index (χ4v) is 1.56. The van der Waals surface area contributed by atoms with E-state index in [2.05, 4.69) is 0 Å². The third-order valence-corrected chi connectivity index (χ3v) is 2.24. The highest BCUT2D eigenvalue weighted by molar-refractivity contribution is 5.33. The Kier molecular flexibility index (Phi) is 2.95. The van der Waals surface area contributed by atoms with E-state index in [1.54, 1.807) is 13.0 Å². The topological polar surface area (TPSA) is 26.0 Å². The summed E-state index contributed by atoms with van der Waals surface area (Å²) in [6, 6.07) is 3.56. The molecule has 0 heterocycles. The van der Waals surface area contributed by atoms with Crippen molar-refractivity contribution in [3.63, 3.8) is 0 Å². The highest BCUT2D eigenvalue weighted by Gasteiger charge is 2.15. The Labute approximate surface area is 85.1 Å². The van der Waals surface area contributed by atoms with Crippen molar-refractivity contribution in [1.82, 2.24) is 0 Å². The Morgan fingerprint density at radius 1 is 1.29 bits per heavy atom. The Morgan fingerprint density at radius 2 is 1.86 bits per heavy atom. The van der Waals surface area contributed by atoms with Gasteiger partial charge >= 0.3 is 0 Å². The first kappa shape index (κ1) is 11.2. The van der Waals surface area contributed by atoms with E-state index < -0.39 is 0 Å². The lowest BCUT2D eigenvalue weighted by Crippen LogP contribution is -2.34. The molecular weight excluding hydrogens is 177 g/mol. The van der Waals surface area contributed by atoms with Gasteiger partial charge in [-0.3, -0.25) is 0 Å². The number of nitrogens with two attached hydrogens (primary N) is 1. The minimum Gasteiger partial charge on any atom is -0.325 e. The van der Waals surface area contributed by atoms with Crippen molar-refractivity contribution in [3.05, 3.63) is 34.6 Å². The van der Waals surface area contributed by atoms with Crippen LogP contribution in [0.3, 0.4) is 0 Å². The van der Waals surface area contributed by atoms with E-state index in [4.69, 9.17) is 5.73 Å². The molecule has 14 heavy (non-hydrogen) atoms. The zero-order valence-electron chi connectivity index (χ0n) is 9.32. The van der Waals surface area contributed by atoms with E-state index in [0.717, 1.165) is 11.1 Å². The SMILES string of the molecule is Cc1cc(F)c(C)c(CC(C)(C)N)c1. The molecule has 78 valence electrons. The van der Waals surface area contributed by atoms with Gasteiger partial charge in [0.1, 0.15) is 5.82 Å². The largest absolute Gasteiger partial charge is 0.325 e. The van der Waals surface area contributed by atoms with Crippen LogP contribution in [0, 0.1) is 19.7 Å². The molecule has 0 bridgehead atoms. The fourth-order valence-electron chi connectivity index (χ4n) is 1.56. The minimum absolute atomic E-state index is 0.135. The monoisotopic (exact) mass is 195 g/mol. The predicted molar refractivity (Wildman–Crippen MR) is 57.8 cm³/mol.